The molecule has 0 radical (unpaired) electrons. The molecule has 0 saturated heterocycles. The molecular formula is C18H24N2O4. The number of para-hydroxylation sites is 1. The third-order valence-corrected chi connectivity index (χ3v) is 3.79. The van der Waals surface area contributed by atoms with Gasteiger partial charge in [-0.3, -0.25) is 9.59 Å². The molecule has 0 aliphatic heterocycles. The van der Waals surface area contributed by atoms with Crippen LogP contribution in [0.15, 0.2) is 22.6 Å². The maximum absolute atomic E-state index is 12.8. The lowest BCUT2D eigenvalue weighted by molar-refractivity contribution is -0.122. The van der Waals surface area contributed by atoms with Crippen molar-refractivity contribution < 1.29 is 18.7 Å². The molecule has 6 nitrogen and oxygen atoms in total. The minimum atomic E-state index is -0.299. The molecule has 1 N–H and O–H groups in total. The van der Waals surface area contributed by atoms with Gasteiger partial charge in [0.25, 0.3) is 5.91 Å². The van der Waals surface area contributed by atoms with Gasteiger partial charge in [0.05, 0.1) is 13.7 Å². The van der Waals surface area contributed by atoms with Crippen LogP contribution >= 0.6 is 0 Å². The van der Waals surface area contributed by atoms with Crippen LogP contribution in [0.1, 0.15) is 36.9 Å². The fraction of sp³-hybridized carbons (Fsp3) is 0.444. The van der Waals surface area contributed by atoms with E-state index in [1.54, 1.807) is 13.2 Å². The van der Waals surface area contributed by atoms with Gasteiger partial charge in [0, 0.05) is 23.5 Å². The lowest BCUT2D eigenvalue weighted by atomic mass is 10.1. The van der Waals surface area contributed by atoms with Crippen LogP contribution in [0, 0.1) is 6.92 Å². The van der Waals surface area contributed by atoms with Crippen LogP contribution in [-0.4, -0.2) is 43.0 Å². The molecule has 2 rings (SSSR count). The van der Waals surface area contributed by atoms with Crippen molar-refractivity contribution in [1.82, 2.24) is 10.2 Å². The number of nitrogens with one attached hydrogen (secondary N) is 1. The second-order valence-electron chi connectivity index (χ2n) is 5.93. The van der Waals surface area contributed by atoms with E-state index in [4.69, 9.17) is 9.15 Å². The van der Waals surface area contributed by atoms with E-state index in [1.165, 1.54) is 4.90 Å². The number of rotatable bonds is 6. The number of hydrogen-bond donors (Lipinski definition) is 1. The second-order valence-corrected chi connectivity index (χ2v) is 5.93. The lowest BCUT2D eigenvalue weighted by Gasteiger charge is -2.20. The maximum Gasteiger partial charge on any atom is 0.290 e. The zero-order valence-electron chi connectivity index (χ0n) is 14.8. The Balaban J connectivity index is 2.32. The smallest absolute Gasteiger partial charge is 0.290 e. The largest absolute Gasteiger partial charge is 0.493 e. The van der Waals surface area contributed by atoms with Crippen LogP contribution < -0.4 is 10.1 Å². The van der Waals surface area contributed by atoms with Gasteiger partial charge in [-0.1, -0.05) is 12.1 Å². The number of nitrogens with zero attached hydrogens (tertiary/aromatic N) is 1. The molecule has 6 heteroatoms. The Morgan fingerprint density at radius 2 is 2.04 bits per heavy atom. The predicted octanol–water partition coefficient (Wildman–Crippen LogP) is 2.74. The molecular weight excluding hydrogens is 308 g/mol. The highest BCUT2D eigenvalue weighted by Crippen LogP contribution is 2.32. The molecule has 2 amide bonds. The number of carbonyl (C=O) groups excluding carboxylic acids is 2. The summed E-state index contributed by atoms with van der Waals surface area (Å²) in [4.78, 5) is 26.2. The highest BCUT2D eigenvalue weighted by atomic mass is 16.5. The Kier molecular flexibility index (Phi) is 5.49. The highest BCUT2D eigenvalue weighted by molar-refractivity contribution is 6.01. The fourth-order valence-corrected chi connectivity index (χ4v) is 2.59. The highest BCUT2D eigenvalue weighted by Gasteiger charge is 2.25. The number of hydrogen-bond acceptors (Lipinski definition) is 4. The van der Waals surface area contributed by atoms with Crippen LogP contribution in [0.4, 0.5) is 0 Å². The molecule has 0 aliphatic carbocycles. The first kappa shape index (κ1) is 17.8. The topological polar surface area (TPSA) is 71.8 Å². The summed E-state index contributed by atoms with van der Waals surface area (Å²) in [5.41, 5.74) is 1.29. The van der Waals surface area contributed by atoms with Crippen molar-refractivity contribution in [2.75, 3.05) is 20.2 Å². The maximum atomic E-state index is 12.8. The molecule has 1 aromatic heterocycles. The number of benzene rings is 1. The van der Waals surface area contributed by atoms with Gasteiger partial charge in [-0.2, -0.15) is 0 Å². The van der Waals surface area contributed by atoms with Crippen LogP contribution in [0.2, 0.25) is 0 Å². The van der Waals surface area contributed by atoms with Gasteiger partial charge in [0.1, 0.15) is 0 Å². The van der Waals surface area contributed by atoms with Crippen molar-refractivity contribution in [2.45, 2.75) is 33.7 Å². The molecule has 2 aromatic rings. The number of furan rings is 1. The van der Waals surface area contributed by atoms with Crippen molar-refractivity contribution in [3.05, 3.63) is 29.5 Å². The van der Waals surface area contributed by atoms with E-state index >= 15 is 0 Å². The van der Waals surface area contributed by atoms with E-state index < -0.39 is 0 Å². The van der Waals surface area contributed by atoms with Crippen LogP contribution in [0.3, 0.4) is 0 Å². The average Bonchev–Trinajstić information content (AvgIpc) is 2.88. The zero-order valence-corrected chi connectivity index (χ0v) is 14.8. The first-order valence-electron chi connectivity index (χ1n) is 8.03. The zero-order chi connectivity index (χ0) is 17.9. The van der Waals surface area contributed by atoms with Gasteiger partial charge in [-0.25, -0.2) is 0 Å². The second kappa shape index (κ2) is 7.38. The molecule has 1 heterocycles. The van der Waals surface area contributed by atoms with Crippen molar-refractivity contribution in [3.63, 3.8) is 0 Å². The van der Waals surface area contributed by atoms with Crippen LogP contribution in [0.5, 0.6) is 5.75 Å². The number of amides is 2. The summed E-state index contributed by atoms with van der Waals surface area (Å²) in [6, 6.07) is 5.55. The van der Waals surface area contributed by atoms with E-state index in [9.17, 15) is 9.59 Å². The summed E-state index contributed by atoms with van der Waals surface area (Å²) in [7, 11) is 1.56. The van der Waals surface area contributed by atoms with Gasteiger partial charge in [0.15, 0.2) is 17.1 Å². The SMILES string of the molecule is CCN(CC(=O)NC(C)C)C(=O)c1oc2c(OC)cccc2c1C. The molecule has 0 fully saturated rings. The Hall–Kier alpha value is -2.50. The third-order valence-electron chi connectivity index (χ3n) is 3.79. The summed E-state index contributed by atoms with van der Waals surface area (Å²) in [6.07, 6.45) is 0. The quantitative estimate of drug-likeness (QED) is 0.883. The standard InChI is InChI=1S/C18H24N2O4/c1-6-20(10-15(21)19-11(2)3)18(22)16-12(4)13-8-7-9-14(23-5)17(13)24-16/h7-9,11H,6,10H2,1-5H3,(H,19,21). The average molecular weight is 332 g/mol. The number of ether oxygens (including phenoxy) is 1. The molecule has 0 bridgehead atoms. The lowest BCUT2D eigenvalue weighted by Crippen LogP contribution is -2.42. The first-order valence-corrected chi connectivity index (χ1v) is 8.03. The molecule has 130 valence electrons. The van der Waals surface area contributed by atoms with Gasteiger partial charge < -0.3 is 19.4 Å². The summed E-state index contributed by atoms with van der Waals surface area (Å²) >= 11 is 0. The van der Waals surface area contributed by atoms with E-state index in [0.29, 0.717) is 17.9 Å². The van der Waals surface area contributed by atoms with E-state index in [0.717, 1.165) is 10.9 Å². The summed E-state index contributed by atoms with van der Waals surface area (Å²) in [6.45, 7) is 7.84. The normalized spacial score (nSPS) is 10.9. The van der Waals surface area contributed by atoms with Gasteiger partial charge in [0.2, 0.25) is 5.91 Å². The van der Waals surface area contributed by atoms with Crippen LogP contribution in [-0.2, 0) is 4.79 Å². The number of likely N-dealkylation sites (N-methyl/N-ethyl adjacent to an activating group) is 1. The van der Waals surface area contributed by atoms with Gasteiger partial charge in [-0.15, -0.1) is 0 Å². The molecule has 0 atom stereocenters. The van der Waals surface area contributed by atoms with Gasteiger partial charge in [-0.05, 0) is 33.8 Å². The number of fused-ring (bicyclic) bond motifs is 1. The first-order chi connectivity index (χ1) is 11.4. The minimum absolute atomic E-state index is 0.00112. The molecule has 0 spiro atoms. The van der Waals surface area contributed by atoms with Crippen molar-refractivity contribution in [1.29, 1.82) is 0 Å². The summed E-state index contributed by atoms with van der Waals surface area (Å²) < 4.78 is 11.1. The molecule has 1 aromatic carbocycles. The number of carbonyl (C=O) groups is 2. The monoisotopic (exact) mass is 332 g/mol. The Morgan fingerprint density at radius 3 is 2.62 bits per heavy atom. The molecule has 24 heavy (non-hydrogen) atoms. The Morgan fingerprint density at radius 1 is 1.33 bits per heavy atom. The fourth-order valence-electron chi connectivity index (χ4n) is 2.59. The molecule has 0 aliphatic rings. The number of aryl methyl sites for hydroxylation is 1. The molecule has 0 saturated carbocycles. The Bertz CT molecular complexity index is 749. The predicted molar refractivity (Wildman–Crippen MR) is 92.4 cm³/mol. The van der Waals surface area contributed by atoms with E-state index in [2.05, 4.69) is 5.32 Å². The summed E-state index contributed by atoms with van der Waals surface area (Å²) in [5, 5.41) is 3.62. The Labute approximate surface area is 141 Å². The third kappa shape index (κ3) is 3.53. The van der Waals surface area contributed by atoms with Crippen molar-refractivity contribution in [2.24, 2.45) is 0 Å². The van der Waals surface area contributed by atoms with Crippen molar-refractivity contribution >= 4 is 22.8 Å². The number of methoxy groups -OCH3 is 1. The molecule has 0 unspecified atom stereocenters. The van der Waals surface area contributed by atoms with Gasteiger partial charge >= 0.3 is 0 Å². The van der Waals surface area contributed by atoms with E-state index in [-0.39, 0.29) is 30.2 Å². The summed E-state index contributed by atoms with van der Waals surface area (Å²) in [5.74, 6) is 0.336. The minimum Gasteiger partial charge on any atom is -0.493 e. The van der Waals surface area contributed by atoms with Crippen LogP contribution in [0.25, 0.3) is 11.0 Å². The van der Waals surface area contributed by atoms with Crippen molar-refractivity contribution in [3.8, 4) is 5.75 Å². The van der Waals surface area contributed by atoms with E-state index in [1.807, 2.05) is 39.8 Å².